The van der Waals surface area contributed by atoms with E-state index in [0.717, 1.165) is 0 Å². The minimum Gasteiger partial charge on any atom is -0.496 e. The summed E-state index contributed by atoms with van der Waals surface area (Å²) < 4.78 is 24.4. The summed E-state index contributed by atoms with van der Waals surface area (Å²) in [6.07, 6.45) is 2.84. The molecular formula is C18H16FN3O4. The molecule has 3 rings (SSSR count). The summed E-state index contributed by atoms with van der Waals surface area (Å²) in [7, 11) is 1.49. The number of aryl methyl sites for hydroxylation is 1. The fraction of sp³-hybridized carbons (Fsp3) is 0.222. The van der Waals surface area contributed by atoms with Crippen LogP contribution in [0.3, 0.4) is 0 Å². The topological polar surface area (TPSA) is 98.3 Å². The van der Waals surface area contributed by atoms with Gasteiger partial charge in [0, 0.05) is 30.4 Å². The second-order valence-corrected chi connectivity index (χ2v) is 5.66. The fourth-order valence-corrected chi connectivity index (χ4v) is 2.68. The van der Waals surface area contributed by atoms with E-state index in [2.05, 4.69) is 15.2 Å². The van der Waals surface area contributed by atoms with Crippen molar-refractivity contribution >= 4 is 5.97 Å². The molecule has 26 heavy (non-hydrogen) atoms. The van der Waals surface area contributed by atoms with Gasteiger partial charge in [0.05, 0.1) is 19.4 Å². The van der Waals surface area contributed by atoms with Crippen LogP contribution in [-0.4, -0.2) is 33.4 Å². The number of ether oxygens (including phenoxy) is 1. The van der Waals surface area contributed by atoms with Gasteiger partial charge in [0.2, 0.25) is 11.8 Å². The van der Waals surface area contributed by atoms with Gasteiger partial charge in [-0.1, -0.05) is 0 Å². The molecule has 7 nitrogen and oxygen atoms in total. The number of carboxylic acids is 1. The Morgan fingerprint density at radius 2 is 2.12 bits per heavy atom. The molecule has 1 atom stereocenters. The lowest BCUT2D eigenvalue weighted by Crippen LogP contribution is -2.09. The average Bonchev–Trinajstić information content (AvgIpc) is 3.05. The lowest BCUT2D eigenvalue weighted by molar-refractivity contribution is -0.137. The number of halogens is 1. The Kier molecular flexibility index (Phi) is 4.92. The number of carboxylic acid groups (broad SMARTS) is 1. The van der Waals surface area contributed by atoms with Crippen LogP contribution in [0.1, 0.15) is 29.7 Å². The van der Waals surface area contributed by atoms with Crippen molar-refractivity contribution in [2.45, 2.75) is 19.3 Å². The van der Waals surface area contributed by atoms with E-state index in [0.29, 0.717) is 28.3 Å². The SMILES string of the molecule is COc1ccc(F)cc1-c1cncc(C(CC(=O)O)c2nnc(C)o2)c1. The van der Waals surface area contributed by atoms with Crippen LogP contribution in [0.2, 0.25) is 0 Å². The number of hydrogen-bond acceptors (Lipinski definition) is 6. The molecule has 0 aliphatic carbocycles. The molecule has 0 spiro atoms. The molecule has 3 aromatic rings. The number of hydrogen-bond donors (Lipinski definition) is 1. The number of benzene rings is 1. The zero-order chi connectivity index (χ0) is 18.7. The predicted molar refractivity (Wildman–Crippen MR) is 89.3 cm³/mol. The monoisotopic (exact) mass is 357 g/mol. The zero-order valence-electron chi connectivity index (χ0n) is 14.1. The summed E-state index contributed by atoms with van der Waals surface area (Å²) in [6, 6.07) is 5.88. The van der Waals surface area contributed by atoms with E-state index < -0.39 is 17.7 Å². The van der Waals surface area contributed by atoms with Crippen molar-refractivity contribution in [2.75, 3.05) is 7.11 Å². The number of pyridine rings is 1. The van der Waals surface area contributed by atoms with E-state index in [1.807, 2.05) is 0 Å². The molecule has 134 valence electrons. The van der Waals surface area contributed by atoms with Crippen LogP contribution in [-0.2, 0) is 4.79 Å². The Morgan fingerprint density at radius 1 is 1.31 bits per heavy atom. The quantitative estimate of drug-likeness (QED) is 0.723. The van der Waals surface area contributed by atoms with Gasteiger partial charge in [0.25, 0.3) is 0 Å². The third kappa shape index (κ3) is 3.69. The Bertz CT molecular complexity index is 942. The minimum atomic E-state index is -1.01. The summed E-state index contributed by atoms with van der Waals surface area (Å²) >= 11 is 0. The van der Waals surface area contributed by atoms with Gasteiger partial charge < -0.3 is 14.3 Å². The Morgan fingerprint density at radius 3 is 2.77 bits per heavy atom. The second-order valence-electron chi connectivity index (χ2n) is 5.66. The molecule has 2 aromatic heterocycles. The summed E-state index contributed by atoms with van der Waals surface area (Å²) in [5, 5.41) is 16.9. The van der Waals surface area contributed by atoms with Crippen molar-refractivity contribution < 1.29 is 23.4 Å². The first-order valence-corrected chi connectivity index (χ1v) is 7.78. The van der Waals surface area contributed by atoms with E-state index in [1.54, 1.807) is 19.2 Å². The molecule has 0 saturated carbocycles. The van der Waals surface area contributed by atoms with Crippen LogP contribution in [0, 0.1) is 12.7 Å². The smallest absolute Gasteiger partial charge is 0.304 e. The van der Waals surface area contributed by atoms with E-state index in [4.69, 9.17) is 9.15 Å². The maximum atomic E-state index is 13.7. The van der Waals surface area contributed by atoms with Crippen LogP contribution < -0.4 is 4.74 Å². The van der Waals surface area contributed by atoms with E-state index in [1.165, 1.54) is 31.5 Å². The van der Waals surface area contributed by atoms with Gasteiger partial charge in [-0.15, -0.1) is 10.2 Å². The molecule has 2 heterocycles. The third-order valence-electron chi connectivity index (χ3n) is 3.85. The highest BCUT2D eigenvalue weighted by Crippen LogP contribution is 2.34. The number of carbonyl (C=O) groups is 1. The predicted octanol–water partition coefficient (Wildman–Crippen LogP) is 3.19. The van der Waals surface area contributed by atoms with Crippen LogP contribution in [0.4, 0.5) is 4.39 Å². The van der Waals surface area contributed by atoms with Crippen LogP contribution in [0.25, 0.3) is 11.1 Å². The molecule has 1 aromatic carbocycles. The highest BCUT2D eigenvalue weighted by molar-refractivity contribution is 5.71. The first-order chi connectivity index (χ1) is 12.5. The van der Waals surface area contributed by atoms with Crippen molar-refractivity contribution in [1.82, 2.24) is 15.2 Å². The second kappa shape index (κ2) is 7.30. The van der Waals surface area contributed by atoms with Gasteiger partial charge in [-0.05, 0) is 29.8 Å². The van der Waals surface area contributed by atoms with Crippen molar-refractivity contribution in [3.05, 3.63) is 59.8 Å². The average molecular weight is 357 g/mol. The number of rotatable bonds is 6. The first kappa shape index (κ1) is 17.5. The molecule has 0 saturated heterocycles. The molecule has 0 radical (unpaired) electrons. The van der Waals surface area contributed by atoms with Crippen molar-refractivity contribution in [3.8, 4) is 16.9 Å². The highest BCUT2D eigenvalue weighted by atomic mass is 19.1. The number of aliphatic carboxylic acids is 1. The molecule has 0 aliphatic rings. The number of nitrogens with zero attached hydrogens (tertiary/aromatic N) is 3. The number of methoxy groups -OCH3 is 1. The number of aromatic nitrogens is 3. The van der Waals surface area contributed by atoms with Gasteiger partial charge in [-0.25, -0.2) is 4.39 Å². The van der Waals surface area contributed by atoms with Crippen molar-refractivity contribution in [3.63, 3.8) is 0 Å². The molecule has 0 amide bonds. The van der Waals surface area contributed by atoms with Gasteiger partial charge in [0.1, 0.15) is 11.6 Å². The summed E-state index contributed by atoms with van der Waals surface area (Å²) in [4.78, 5) is 15.4. The lowest BCUT2D eigenvalue weighted by atomic mass is 9.94. The third-order valence-corrected chi connectivity index (χ3v) is 3.85. The fourth-order valence-electron chi connectivity index (χ4n) is 2.68. The van der Waals surface area contributed by atoms with Crippen molar-refractivity contribution in [2.24, 2.45) is 0 Å². The van der Waals surface area contributed by atoms with Gasteiger partial charge >= 0.3 is 5.97 Å². The van der Waals surface area contributed by atoms with Gasteiger partial charge in [-0.2, -0.15) is 0 Å². The maximum Gasteiger partial charge on any atom is 0.304 e. The van der Waals surface area contributed by atoms with E-state index in [-0.39, 0.29) is 12.3 Å². The Labute approximate surface area is 148 Å². The first-order valence-electron chi connectivity index (χ1n) is 7.78. The molecule has 1 unspecified atom stereocenters. The largest absolute Gasteiger partial charge is 0.496 e. The zero-order valence-corrected chi connectivity index (χ0v) is 14.1. The lowest BCUT2D eigenvalue weighted by Gasteiger charge is -2.13. The maximum absolute atomic E-state index is 13.7. The van der Waals surface area contributed by atoms with Gasteiger partial charge in [-0.3, -0.25) is 9.78 Å². The van der Waals surface area contributed by atoms with E-state index in [9.17, 15) is 14.3 Å². The standard InChI is InChI=1S/C18H16FN3O4/c1-10-21-22-18(26-10)15(7-17(23)24)12-5-11(8-20-9-12)14-6-13(19)3-4-16(14)25-2/h3-6,8-9,15H,7H2,1-2H3,(H,23,24). The molecule has 0 aliphatic heterocycles. The summed E-state index contributed by atoms with van der Waals surface area (Å²) in [5.74, 6) is -1.09. The molecule has 1 N–H and O–H groups in total. The Balaban J connectivity index is 2.07. The molecular weight excluding hydrogens is 341 g/mol. The van der Waals surface area contributed by atoms with E-state index >= 15 is 0 Å². The minimum absolute atomic E-state index is 0.190. The molecule has 8 heteroatoms. The van der Waals surface area contributed by atoms with Crippen LogP contribution in [0.15, 0.2) is 41.1 Å². The summed E-state index contributed by atoms with van der Waals surface area (Å²) in [5.41, 5.74) is 1.67. The van der Waals surface area contributed by atoms with Crippen LogP contribution >= 0.6 is 0 Å². The Hall–Kier alpha value is -3.29. The van der Waals surface area contributed by atoms with Crippen LogP contribution in [0.5, 0.6) is 5.75 Å². The summed E-state index contributed by atoms with van der Waals surface area (Å²) in [6.45, 7) is 1.63. The molecule has 0 bridgehead atoms. The normalized spacial score (nSPS) is 12.0. The van der Waals surface area contributed by atoms with Crippen molar-refractivity contribution in [1.29, 1.82) is 0 Å². The highest BCUT2D eigenvalue weighted by Gasteiger charge is 2.24. The molecule has 0 fully saturated rings. The van der Waals surface area contributed by atoms with Gasteiger partial charge in [0.15, 0.2) is 0 Å².